The number of benzene rings is 1. The molecule has 1 amide bonds. The second-order valence-corrected chi connectivity index (χ2v) is 3.04. The number of tetrazole rings is 1. The first kappa shape index (κ1) is 10.2. The van der Waals surface area contributed by atoms with Gasteiger partial charge in [-0.2, -0.15) is 5.21 Å². The highest BCUT2D eigenvalue weighted by Crippen LogP contribution is 2.09. The molecule has 1 aromatic carbocycles. The number of H-pyrrole nitrogens is 1. The smallest absolute Gasteiger partial charge is 0.297 e. The van der Waals surface area contributed by atoms with Gasteiger partial charge in [-0.15, -0.1) is 10.2 Å². The molecule has 0 radical (unpaired) electrons. The highest BCUT2D eigenvalue weighted by molar-refractivity contribution is 6.01. The number of aliphatic hydroxyl groups is 1. The van der Waals surface area contributed by atoms with E-state index in [1.165, 1.54) is 0 Å². The standard InChI is InChI=1S/C9H9N5O2/c15-5-6-1-3-7(4-2-6)10-9(16)8-11-13-14-12-8/h1-4,15H,5H2,(H,10,16)(H,11,12,13,14). The summed E-state index contributed by atoms with van der Waals surface area (Å²) < 4.78 is 0. The van der Waals surface area contributed by atoms with Crippen molar-refractivity contribution in [2.24, 2.45) is 0 Å². The summed E-state index contributed by atoms with van der Waals surface area (Å²) in [6, 6.07) is 6.80. The highest BCUT2D eigenvalue weighted by Gasteiger charge is 2.10. The number of aromatic amines is 1. The zero-order chi connectivity index (χ0) is 11.4. The number of aromatic nitrogens is 4. The van der Waals surface area contributed by atoms with E-state index in [4.69, 9.17) is 5.11 Å². The molecule has 0 saturated heterocycles. The third kappa shape index (κ3) is 2.20. The molecule has 16 heavy (non-hydrogen) atoms. The monoisotopic (exact) mass is 219 g/mol. The first-order valence-corrected chi connectivity index (χ1v) is 4.54. The molecule has 2 aromatic rings. The van der Waals surface area contributed by atoms with Gasteiger partial charge >= 0.3 is 0 Å². The van der Waals surface area contributed by atoms with Crippen LogP contribution >= 0.6 is 0 Å². The van der Waals surface area contributed by atoms with Crippen LogP contribution in [0.5, 0.6) is 0 Å². The van der Waals surface area contributed by atoms with Crippen LogP contribution in [0.3, 0.4) is 0 Å². The fourth-order valence-corrected chi connectivity index (χ4v) is 1.14. The molecule has 7 nitrogen and oxygen atoms in total. The molecule has 1 aromatic heterocycles. The van der Waals surface area contributed by atoms with E-state index in [-0.39, 0.29) is 12.4 Å². The lowest BCUT2D eigenvalue weighted by molar-refractivity contribution is 0.101. The van der Waals surface area contributed by atoms with Gasteiger partial charge in [0, 0.05) is 5.69 Å². The van der Waals surface area contributed by atoms with Crippen molar-refractivity contribution in [3.63, 3.8) is 0 Å². The van der Waals surface area contributed by atoms with Gasteiger partial charge in [-0.25, -0.2) is 0 Å². The van der Waals surface area contributed by atoms with Gasteiger partial charge in [0.15, 0.2) is 0 Å². The Bertz CT molecular complexity index is 465. The lowest BCUT2D eigenvalue weighted by atomic mass is 10.2. The fraction of sp³-hybridized carbons (Fsp3) is 0.111. The van der Waals surface area contributed by atoms with E-state index >= 15 is 0 Å². The number of nitrogens with one attached hydrogen (secondary N) is 2. The predicted octanol–water partition coefficient (Wildman–Crippen LogP) is -0.0557. The number of rotatable bonds is 3. The Morgan fingerprint density at radius 1 is 1.38 bits per heavy atom. The number of aliphatic hydroxyl groups excluding tert-OH is 1. The number of carbonyl (C=O) groups is 1. The normalized spacial score (nSPS) is 10.1. The molecule has 3 N–H and O–H groups in total. The Balaban J connectivity index is 2.06. The molecule has 0 unspecified atom stereocenters. The molecule has 0 aliphatic rings. The van der Waals surface area contributed by atoms with Crippen LogP contribution < -0.4 is 5.32 Å². The summed E-state index contributed by atoms with van der Waals surface area (Å²) >= 11 is 0. The lowest BCUT2D eigenvalue weighted by Gasteiger charge is -2.02. The fourth-order valence-electron chi connectivity index (χ4n) is 1.14. The van der Waals surface area contributed by atoms with Crippen LogP contribution in [0.4, 0.5) is 5.69 Å². The molecular formula is C9H9N5O2. The van der Waals surface area contributed by atoms with Crippen LogP contribution in [0, 0.1) is 0 Å². The summed E-state index contributed by atoms with van der Waals surface area (Å²) in [5, 5.41) is 24.0. The van der Waals surface area contributed by atoms with Crippen molar-refractivity contribution in [2.75, 3.05) is 5.32 Å². The number of hydrogen-bond acceptors (Lipinski definition) is 5. The van der Waals surface area contributed by atoms with Crippen molar-refractivity contribution >= 4 is 11.6 Å². The number of hydrogen-bond donors (Lipinski definition) is 3. The largest absolute Gasteiger partial charge is 0.392 e. The zero-order valence-electron chi connectivity index (χ0n) is 8.21. The number of carbonyl (C=O) groups excluding carboxylic acids is 1. The maximum Gasteiger partial charge on any atom is 0.297 e. The minimum atomic E-state index is -0.439. The van der Waals surface area contributed by atoms with Crippen LogP contribution in [0.25, 0.3) is 0 Å². The second kappa shape index (κ2) is 4.49. The van der Waals surface area contributed by atoms with Crippen molar-refractivity contribution in [1.82, 2.24) is 20.6 Å². The quantitative estimate of drug-likeness (QED) is 0.671. The van der Waals surface area contributed by atoms with E-state index in [1.54, 1.807) is 24.3 Å². The molecule has 0 atom stereocenters. The molecule has 2 rings (SSSR count). The van der Waals surface area contributed by atoms with Crippen LogP contribution in [0.2, 0.25) is 0 Å². The molecule has 0 spiro atoms. The van der Waals surface area contributed by atoms with E-state index in [0.717, 1.165) is 5.56 Å². The lowest BCUT2D eigenvalue weighted by Crippen LogP contribution is -2.13. The Morgan fingerprint density at radius 3 is 2.69 bits per heavy atom. The molecule has 0 saturated carbocycles. The minimum Gasteiger partial charge on any atom is -0.392 e. The van der Waals surface area contributed by atoms with Gasteiger partial charge in [0.2, 0.25) is 0 Å². The number of amides is 1. The summed E-state index contributed by atoms with van der Waals surface area (Å²) in [5.41, 5.74) is 1.38. The molecule has 0 fully saturated rings. The van der Waals surface area contributed by atoms with Crippen LogP contribution in [0.1, 0.15) is 16.2 Å². The van der Waals surface area contributed by atoms with Crippen LogP contribution in [0.15, 0.2) is 24.3 Å². The Hall–Kier alpha value is -2.28. The van der Waals surface area contributed by atoms with Gasteiger partial charge in [-0.1, -0.05) is 12.1 Å². The van der Waals surface area contributed by atoms with Crippen molar-refractivity contribution in [3.05, 3.63) is 35.7 Å². The average Bonchev–Trinajstić information content (AvgIpc) is 2.83. The maximum atomic E-state index is 11.5. The Morgan fingerprint density at radius 2 is 2.12 bits per heavy atom. The van der Waals surface area contributed by atoms with Crippen molar-refractivity contribution in [3.8, 4) is 0 Å². The van der Waals surface area contributed by atoms with E-state index in [9.17, 15) is 4.79 Å². The molecule has 7 heteroatoms. The summed E-state index contributed by atoms with van der Waals surface area (Å²) in [4.78, 5) is 11.5. The minimum absolute atomic E-state index is 0.0220. The van der Waals surface area contributed by atoms with E-state index in [2.05, 4.69) is 25.9 Å². The summed E-state index contributed by atoms with van der Waals surface area (Å²) in [7, 11) is 0. The van der Waals surface area contributed by atoms with Gasteiger partial charge in [0.05, 0.1) is 6.61 Å². The van der Waals surface area contributed by atoms with E-state index in [0.29, 0.717) is 5.69 Å². The number of nitrogens with zero attached hydrogens (tertiary/aromatic N) is 3. The van der Waals surface area contributed by atoms with Crippen molar-refractivity contribution < 1.29 is 9.90 Å². The van der Waals surface area contributed by atoms with Gasteiger partial charge in [-0.05, 0) is 22.9 Å². The third-order valence-electron chi connectivity index (χ3n) is 1.94. The summed E-state index contributed by atoms with van der Waals surface area (Å²) in [6.45, 7) is -0.0287. The Kier molecular flexibility index (Phi) is 2.88. The average molecular weight is 219 g/mol. The van der Waals surface area contributed by atoms with Crippen LogP contribution in [-0.4, -0.2) is 31.6 Å². The summed E-state index contributed by atoms with van der Waals surface area (Å²) in [6.07, 6.45) is 0. The first-order valence-electron chi connectivity index (χ1n) is 4.54. The first-order chi connectivity index (χ1) is 7.79. The van der Waals surface area contributed by atoms with Gasteiger partial charge in [0.1, 0.15) is 0 Å². The molecule has 0 aliphatic heterocycles. The zero-order valence-corrected chi connectivity index (χ0v) is 8.21. The second-order valence-electron chi connectivity index (χ2n) is 3.04. The number of anilines is 1. The summed E-state index contributed by atoms with van der Waals surface area (Å²) in [5.74, 6) is -0.461. The maximum absolute atomic E-state index is 11.5. The molecule has 0 bridgehead atoms. The SMILES string of the molecule is O=C(Nc1ccc(CO)cc1)c1nn[nH]n1. The highest BCUT2D eigenvalue weighted by atomic mass is 16.3. The van der Waals surface area contributed by atoms with Gasteiger partial charge < -0.3 is 10.4 Å². The molecule has 82 valence electrons. The molecule has 1 heterocycles. The van der Waals surface area contributed by atoms with Crippen molar-refractivity contribution in [1.29, 1.82) is 0 Å². The predicted molar refractivity (Wildman–Crippen MR) is 54.5 cm³/mol. The van der Waals surface area contributed by atoms with E-state index in [1.807, 2.05) is 0 Å². The third-order valence-corrected chi connectivity index (χ3v) is 1.94. The molecular weight excluding hydrogens is 210 g/mol. The topological polar surface area (TPSA) is 104 Å². The van der Waals surface area contributed by atoms with Crippen molar-refractivity contribution in [2.45, 2.75) is 6.61 Å². The van der Waals surface area contributed by atoms with Crippen LogP contribution in [-0.2, 0) is 6.61 Å². The van der Waals surface area contributed by atoms with Gasteiger partial charge in [-0.3, -0.25) is 4.79 Å². The Labute approximate surface area is 90.5 Å². The molecule has 0 aliphatic carbocycles. The van der Waals surface area contributed by atoms with E-state index < -0.39 is 5.91 Å². The van der Waals surface area contributed by atoms with Gasteiger partial charge in [0.25, 0.3) is 11.7 Å².